The van der Waals surface area contributed by atoms with Crippen LogP contribution in [0.25, 0.3) is 11.3 Å². The Kier molecular flexibility index (Phi) is 1.37. The topological polar surface area (TPSA) is 46.5 Å². The molecule has 1 N–H and O–H groups in total. The molecule has 0 saturated carbocycles. The van der Waals surface area contributed by atoms with E-state index in [-0.39, 0.29) is 0 Å². The van der Waals surface area contributed by atoms with Gasteiger partial charge in [0.2, 0.25) is 0 Å². The van der Waals surface area contributed by atoms with Crippen LogP contribution < -0.4 is 0 Å². The summed E-state index contributed by atoms with van der Waals surface area (Å²) in [5.74, 6) is 0. The predicted octanol–water partition coefficient (Wildman–Crippen LogP) is 1.22. The van der Waals surface area contributed by atoms with Crippen molar-refractivity contribution in [3.05, 3.63) is 23.1 Å². The number of rotatable bonds is 0. The molecule has 0 bridgehead atoms. The van der Waals surface area contributed by atoms with Crippen molar-refractivity contribution in [1.29, 1.82) is 0 Å². The second-order valence-electron chi connectivity index (χ2n) is 3.79. The average molecular weight is 188 g/mol. The molecule has 2 aromatic rings. The van der Waals surface area contributed by atoms with Crippen LogP contribution in [-0.2, 0) is 19.9 Å². The normalized spacial score (nSPS) is 13.9. The molecule has 0 spiro atoms. The lowest BCUT2D eigenvalue weighted by Crippen LogP contribution is -2.06. The van der Waals surface area contributed by atoms with Crippen LogP contribution in [0.2, 0.25) is 0 Å². The van der Waals surface area contributed by atoms with Gasteiger partial charge in [0.25, 0.3) is 0 Å². The largest absolute Gasteiger partial charge is 0.277 e. The van der Waals surface area contributed by atoms with Gasteiger partial charge in [-0.15, -0.1) is 0 Å². The lowest BCUT2D eigenvalue weighted by Gasteiger charge is -2.12. The Morgan fingerprint density at radius 2 is 2.29 bits per heavy atom. The third-order valence-electron chi connectivity index (χ3n) is 3.02. The van der Waals surface area contributed by atoms with Crippen molar-refractivity contribution in [2.75, 3.05) is 0 Å². The van der Waals surface area contributed by atoms with Gasteiger partial charge >= 0.3 is 0 Å². The van der Waals surface area contributed by atoms with E-state index in [1.54, 1.807) is 0 Å². The molecule has 3 rings (SSSR count). The van der Waals surface area contributed by atoms with Crippen LogP contribution in [0.15, 0.2) is 6.20 Å². The maximum absolute atomic E-state index is 4.28. The molecule has 0 aromatic carbocycles. The van der Waals surface area contributed by atoms with Gasteiger partial charge in [-0.25, -0.2) is 0 Å². The highest BCUT2D eigenvalue weighted by Gasteiger charge is 2.22. The first-order valence-electron chi connectivity index (χ1n) is 4.82. The zero-order chi connectivity index (χ0) is 9.71. The van der Waals surface area contributed by atoms with Crippen molar-refractivity contribution < 1.29 is 0 Å². The Bertz CT molecular complexity index is 446. The van der Waals surface area contributed by atoms with Gasteiger partial charge in [0.05, 0.1) is 17.6 Å². The molecule has 14 heavy (non-hydrogen) atoms. The second-order valence-corrected chi connectivity index (χ2v) is 3.79. The van der Waals surface area contributed by atoms with Crippen LogP contribution >= 0.6 is 0 Å². The molecule has 1 aliphatic rings. The summed E-state index contributed by atoms with van der Waals surface area (Å²) < 4.78 is 1.95. The average Bonchev–Trinajstić information content (AvgIpc) is 2.72. The smallest absolute Gasteiger partial charge is 0.0719 e. The molecule has 0 atom stereocenters. The van der Waals surface area contributed by atoms with Gasteiger partial charge in [-0.3, -0.25) is 9.78 Å². The molecular weight excluding hydrogens is 176 g/mol. The fourth-order valence-corrected chi connectivity index (χ4v) is 2.20. The second kappa shape index (κ2) is 2.47. The molecule has 4 heteroatoms. The van der Waals surface area contributed by atoms with Gasteiger partial charge in [0.1, 0.15) is 0 Å². The monoisotopic (exact) mass is 188 g/mol. The van der Waals surface area contributed by atoms with E-state index in [2.05, 4.69) is 22.2 Å². The molecule has 0 fully saturated rings. The third kappa shape index (κ3) is 0.828. The minimum atomic E-state index is 1.07. The predicted molar refractivity (Wildman–Crippen MR) is 52.9 cm³/mol. The zero-order valence-corrected chi connectivity index (χ0v) is 8.33. The van der Waals surface area contributed by atoms with Crippen LogP contribution in [0.5, 0.6) is 0 Å². The summed E-state index contributed by atoms with van der Waals surface area (Å²) in [7, 11) is 1.99. The Labute approximate surface area is 81.9 Å². The quantitative estimate of drug-likeness (QED) is 0.675. The molecule has 4 nitrogen and oxygen atoms in total. The Hall–Kier alpha value is -1.58. The van der Waals surface area contributed by atoms with E-state index in [9.17, 15) is 0 Å². The van der Waals surface area contributed by atoms with Crippen LogP contribution in [0.4, 0.5) is 0 Å². The highest BCUT2D eigenvalue weighted by molar-refractivity contribution is 5.68. The number of nitrogens with zero attached hydrogens (tertiary/aromatic N) is 3. The molecule has 2 aromatic heterocycles. The SMILES string of the molecule is Cc1n[nH]c2c1CCc1c-2cnn1C. The van der Waals surface area contributed by atoms with E-state index < -0.39 is 0 Å². The lowest BCUT2D eigenvalue weighted by atomic mass is 9.94. The van der Waals surface area contributed by atoms with Crippen LogP contribution in [-0.4, -0.2) is 20.0 Å². The van der Waals surface area contributed by atoms with E-state index in [0.717, 1.165) is 24.2 Å². The summed E-state index contributed by atoms with van der Waals surface area (Å²) in [6.45, 7) is 2.05. The minimum Gasteiger partial charge on any atom is -0.277 e. The van der Waals surface area contributed by atoms with Gasteiger partial charge in [-0.05, 0) is 19.8 Å². The number of hydrogen-bond donors (Lipinski definition) is 1. The van der Waals surface area contributed by atoms with Gasteiger partial charge in [0.15, 0.2) is 0 Å². The lowest BCUT2D eigenvalue weighted by molar-refractivity contribution is 0.700. The molecule has 0 radical (unpaired) electrons. The highest BCUT2D eigenvalue weighted by atomic mass is 15.3. The van der Waals surface area contributed by atoms with Crippen molar-refractivity contribution in [1.82, 2.24) is 20.0 Å². The Morgan fingerprint density at radius 1 is 1.43 bits per heavy atom. The first kappa shape index (κ1) is 7.79. The summed E-state index contributed by atoms with van der Waals surface area (Å²) in [4.78, 5) is 0. The van der Waals surface area contributed by atoms with E-state index in [1.807, 2.05) is 17.9 Å². The molecule has 0 aliphatic heterocycles. The first-order chi connectivity index (χ1) is 6.77. The summed E-state index contributed by atoms with van der Waals surface area (Å²) in [6.07, 6.45) is 4.06. The number of hydrogen-bond acceptors (Lipinski definition) is 2. The molecule has 2 heterocycles. The van der Waals surface area contributed by atoms with Gasteiger partial charge in [0, 0.05) is 23.9 Å². The summed E-state index contributed by atoms with van der Waals surface area (Å²) in [5, 5.41) is 11.6. The van der Waals surface area contributed by atoms with E-state index in [0.29, 0.717) is 0 Å². The van der Waals surface area contributed by atoms with Crippen molar-refractivity contribution in [3.63, 3.8) is 0 Å². The molecule has 1 aliphatic carbocycles. The van der Waals surface area contributed by atoms with Crippen molar-refractivity contribution in [2.24, 2.45) is 7.05 Å². The van der Waals surface area contributed by atoms with E-state index >= 15 is 0 Å². The maximum Gasteiger partial charge on any atom is 0.0719 e. The van der Waals surface area contributed by atoms with E-state index in [4.69, 9.17) is 0 Å². The van der Waals surface area contributed by atoms with Crippen LogP contribution in [0, 0.1) is 6.92 Å². The molecular formula is C10H12N4. The molecule has 0 amide bonds. The number of fused-ring (bicyclic) bond motifs is 3. The molecule has 72 valence electrons. The Morgan fingerprint density at radius 3 is 3.14 bits per heavy atom. The third-order valence-corrected chi connectivity index (χ3v) is 3.02. The number of H-pyrrole nitrogens is 1. The number of aromatic nitrogens is 4. The first-order valence-corrected chi connectivity index (χ1v) is 4.82. The molecule has 0 unspecified atom stereocenters. The van der Waals surface area contributed by atoms with Gasteiger partial charge in [-0.1, -0.05) is 0 Å². The van der Waals surface area contributed by atoms with Gasteiger partial charge < -0.3 is 0 Å². The zero-order valence-electron chi connectivity index (χ0n) is 8.33. The fraction of sp³-hybridized carbons (Fsp3) is 0.400. The van der Waals surface area contributed by atoms with Crippen LogP contribution in [0.3, 0.4) is 0 Å². The summed E-state index contributed by atoms with van der Waals surface area (Å²) >= 11 is 0. The number of nitrogens with one attached hydrogen (secondary N) is 1. The number of aromatic amines is 1. The number of aryl methyl sites for hydroxylation is 2. The van der Waals surface area contributed by atoms with Gasteiger partial charge in [-0.2, -0.15) is 10.2 Å². The summed E-state index contributed by atoms with van der Waals surface area (Å²) in [6, 6.07) is 0. The summed E-state index contributed by atoms with van der Waals surface area (Å²) in [5.41, 5.74) is 6.16. The van der Waals surface area contributed by atoms with E-state index in [1.165, 1.54) is 16.8 Å². The maximum atomic E-state index is 4.28. The van der Waals surface area contributed by atoms with Crippen LogP contribution in [0.1, 0.15) is 17.0 Å². The standard InChI is InChI=1S/C10H12N4/c1-6-7-3-4-9-8(5-11-14(9)2)10(7)13-12-6/h5H,3-4H2,1-2H3,(H,12,13). The van der Waals surface area contributed by atoms with Crippen molar-refractivity contribution in [2.45, 2.75) is 19.8 Å². The van der Waals surface area contributed by atoms with Crippen molar-refractivity contribution in [3.8, 4) is 11.3 Å². The van der Waals surface area contributed by atoms with Crippen molar-refractivity contribution >= 4 is 0 Å². The fourth-order valence-electron chi connectivity index (χ4n) is 2.20. The highest BCUT2D eigenvalue weighted by Crippen LogP contribution is 2.32. The molecule has 0 saturated heterocycles. The minimum absolute atomic E-state index is 1.07. The Balaban J connectivity index is 2.29.